The molecule has 1 amide bonds. The van der Waals surface area contributed by atoms with E-state index < -0.39 is 10.8 Å². The monoisotopic (exact) mass is 390 g/mol. The number of carbonyl (C=O) groups is 1. The lowest BCUT2D eigenvalue weighted by Gasteiger charge is -2.14. The number of nitro benzene ring substituents is 1. The summed E-state index contributed by atoms with van der Waals surface area (Å²) in [5, 5.41) is 13.9. The SMILES string of the molecule is CCOc1ccc(C(=O)NCc2cc(OC)c(OC)c(OC)c2)cc1[N+](=O)[O-]. The number of rotatable bonds is 9. The summed E-state index contributed by atoms with van der Waals surface area (Å²) >= 11 is 0. The molecule has 0 fully saturated rings. The smallest absolute Gasteiger partial charge is 0.311 e. The standard InChI is InChI=1S/C19H22N2O7/c1-5-28-15-7-6-13(10-14(15)21(23)24)19(22)20-11-12-8-16(25-2)18(27-4)17(9-12)26-3/h6-10H,5,11H2,1-4H3,(H,20,22). The maximum absolute atomic E-state index is 12.4. The Kier molecular flexibility index (Phi) is 7.02. The summed E-state index contributed by atoms with van der Waals surface area (Å²) in [6.07, 6.45) is 0. The van der Waals surface area contributed by atoms with E-state index in [-0.39, 0.29) is 30.2 Å². The van der Waals surface area contributed by atoms with Crippen LogP contribution < -0.4 is 24.3 Å². The van der Waals surface area contributed by atoms with Crippen LogP contribution in [0, 0.1) is 10.1 Å². The number of hydrogen-bond donors (Lipinski definition) is 1. The fourth-order valence-electron chi connectivity index (χ4n) is 2.60. The molecule has 0 saturated carbocycles. The third-order valence-electron chi connectivity index (χ3n) is 3.90. The first-order valence-corrected chi connectivity index (χ1v) is 8.43. The molecule has 1 N–H and O–H groups in total. The molecule has 150 valence electrons. The fourth-order valence-corrected chi connectivity index (χ4v) is 2.60. The van der Waals surface area contributed by atoms with Gasteiger partial charge in [0.2, 0.25) is 5.75 Å². The minimum absolute atomic E-state index is 0.119. The van der Waals surface area contributed by atoms with Gasteiger partial charge in [-0.1, -0.05) is 0 Å². The molecular weight excluding hydrogens is 368 g/mol. The third-order valence-corrected chi connectivity index (χ3v) is 3.90. The predicted molar refractivity (Wildman–Crippen MR) is 102 cm³/mol. The summed E-state index contributed by atoms with van der Waals surface area (Å²) in [5.74, 6) is 1.03. The van der Waals surface area contributed by atoms with E-state index in [1.165, 1.54) is 39.5 Å². The van der Waals surface area contributed by atoms with E-state index in [0.717, 1.165) is 0 Å². The largest absolute Gasteiger partial charge is 0.493 e. The molecule has 0 spiro atoms. The Morgan fingerprint density at radius 3 is 2.18 bits per heavy atom. The number of methoxy groups -OCH3 is 3. The first-order valence-electron chi connectivity index (χ1n) is 8.43. The van der Waals surface area contributed by atoms with Crippen molar-refractivity contribution >= 4 is 11.6 Å². The van der Waals surface area contributed by atoms with E-state index in [1.807, 2.05) is 0 Å². The number of hydrogen-bond acceptors (Lipinski definition) is 7. The Morgan fingerprint density at radius 1 is 1.04 bits per heavy atom. The lowest BCUT2D eigenvalue weighted by Crippen LogP contribution is -2.23. The van der Waals surface area contributed by atoms with Crippen molar-refractivity contribution in [1.82, 2.24) is 5.32 Å². The van der Waals surface area contributed by atoms with Crippen LogP contribution in [0.5, 0.6) is 23.0 Å². The number of benzene rings is 2. The molecule has 0 saturated heterocycles. The summed E-state index contributed by atoms with van der Waals surface area (Å²) < 4.78 is 21.0. The Balaban J connectivity index is 2.20. The zero-order valence-corrected chi connectivity index (χ0v) is 16.1. The van der Waals surface area contributed by atoms with E-state index in [1.54, 1.807) is 19.1 Å². The van der Waals surface area contributed by atoms with E-state index in [2.05, 4.69) is 5.32 Å². The van der Waals surface area contributed by atoms with Crippen LogP contribution in [0.3, 0.4) is 0 Å². The van der Waals surface area contributed by atoms with Crippen LogP contribution in [-0.2, 0) is 6.54 Å². The molecule has 0 bridgehead atoms. The maximum Gasteiger partial charge on any atom is 0.311 e. The van der Waals surface area contributed by atoms with E-state index in [9.17, 15) is 14.9 Å². The quantitative estimate of drug-likeness (QED) is 0.518. The zero-order valence-electron chi connectivity index (χ0n) is 16.1. The summed E-state index contributed by atoms with van der Waals surface area (Å²) in [5.41, 5.74) is 0.605. The van der Waals surface area contributed by atoms with Gasteiger partial charge in [-0.05, 0) is 36.8 Å². The van der Waals surface area contributed by atoms with Crippen molar-refractivity contribution in [3.63, 3.8) is 0 Å². The van der Waals surface area contributed by atoms with Gasteiger partial charge >= 0.3 is 5.69 Å². The van der Waals surface area contributed by atoms with Crippen LogP contribution in [0.15, 0.2) is 30.3 Å². The van der Waals surface area contributed by atoms with Crippen LogP contribution in [-0.4, -0.2) is 38.8 Å². The molecule has 2 aromatic rings. The summed E-state index contributed by atoms with van der Waals surface area (Å²) in [6.45, 7) is 2.17. The molecule has 28 heavy (non-hydrogen) atoms. The molecule has 0 aliphatic heterocycles. The van der Waals surface area contributed by atoms with Gasteiger partial charge in [0.25, 0.3) is 5.91 Å². The molecular formula is C19H22N2O7. The maximum atomic E-state index is 12.4. The minimum Gasteiger partial charge on any atom is -0.493 e. The van der Waals surface area contributed by atoms with Gasteiger partial charge in [0.15, 0.2) is 17.2 Å². The van der Waals surface area contributed by atoms with Crippen LogP contribution in [0.2, 0.25) is 0 Å². The Morgan fingerprint density at radius 2 is 1.68 bits per heavy atom. The van der Waals surface area contributed by atoms with E-state index in [0.29, 0.717) is 22.8 Å². The molecule has 0 atom stereocenters. The summed E-state index contributed by atoms with van der Waals surface area (Å²) in [7, 11) is 4.50. The van der Waals surface area contributed by atoms with E-state index in [4.69, 9.17) is 18.9 Å². The van der Waals surface area contributed by atoms with Crippen molar-refractivity contribution < 1.29 is 28.7 Å². The van der Waals surface area contributed by atoms with Crippen molar-refractivity contribution in [2.45, 2.75) is 13.5 Å². The fraction of sp³-hybridized carbons (Fsp3) is 0.316. The molecule has 9 heteroatoms. The van der Waals surface area contributed by atoms with Crippen LogP contribution >= 0.6 is 0 Å². The second-order valence-electron chi connectivity index (χ2n) is 5.59. The van der Waals surface area contributed by atoms with Gasteiger partial charge in [-0.2, -0.15) is 0 Å². The third kappa shape index (κ3) is 4.61. The molecule has 0 aliphatic carbocycles. The van der Waals surface area contributed by atoms with Gasteiger partial charge in [0, 0.05) is 18.2 Å². The number of nitrogens with zero attached hydrogens (tertiary/aromatic N) is 1. The van der Waals surface area contributed by atoms with Gasteiger partial charge in [-0.15, -0.1) is 0 Å². The number of nitro groups is 1. The number of nitrogens with one attached hydrogen (secondary N) is 1. The van der Waals surface area contributed by atoms with Gasteiger partial charge < -0.3 is 24.3 Å². The predicted octanol–water partition coefficient (Wildman–Crippen LogP) is 2.95. The molecule has 0 heterocycles. The molecule has 0 aliphatic rings. The van der Waals surface area contributed by atoms with Crippen molar-refractivity contribution in [3.8, 4) is 23.0 Å². The number of carbonyl (C=O) groups excluding carboxylic acids is 1. The van der Waals surface area contributed by atoms with Crippen LogP contribution in [0.4, 0.5) is 5.69 Å². The van der Waals surface area contributed by atoms with Crippen molar-refractivity contribution in [1.29, 1.82) is 0 Å². The molecule has 0 radical (unpaired) electrons. The molecule has 0 unspecified atom stereocenters. The Hall–Kier alpha value is -3.49. The average molecular weight is 390 g/mol. The number of amides is 1. The topological polar surface area (TPSA) is 109 Å². The summed E-state index contributed by atoms with van der Waals surface area (Å²) in [4.78, 5) is 23.1. The number of ether oxygens (including phenoxy) is 4. The zero-order chi connectivity index (χ0) is 20.7. The average Bonchev–Trinajstić information content (AvgIpc) is 2.71. The highest BCUT2D eigenvalue weighted by Crippen LogP contribution is 2.38. The highest BCUT2D eigenvalue weighted by molar-refractivity contribution is 5.95. The van der Waals surface area contributed by atoms with Gasteiger partial charge in [0.05, 0.1) is 32.9 Å². The molecule has 9 nitrogen and oxygen atoms in total. The normalized spacial score (nSPS) is 10.1. The van der Waals surface area contributed by atoms with Gasteiger partial charge in [-0.3, -0.25) is 14.9 Å². The van der Waals surface area contributed by atoms with E-state index >= 15 is 0 Å². The summed E-state index contributed by atoms with van der Waals surface area (Å²) in [6, 6.07) is 7.50. The van der Waals surface area contributed by atoms with Crippen LogP contribution in [0.1, 0.15) is 22.8 Å². The molecule has 2 rings (SSSR count). The first kappa shape index (κ1) is 20.8. The van der Waals surface area contributed by atoms with Crippen molar-refractivity contribution in [2.75, 3.05) is 27.9 Å². The van der Waals surface area contributed by atoms with Gasteiger partial charge in [-0.25, -0.2) is 0 Å². The highest BCUT2D eigenvalue weighted by Gasteiger charge is 2.19. The van der Waals surface area contributed by atoms with Crippen molar-refractivity contribution in [3.05, 3.63) is 51.6 Å². The van der Waals surface area contributed by atoms with Crippen LogP contribution in [0.25, 0.3) is 0 Å². The highest BCUT2D eigenvalue weighted by atomic mass is 16.6. The second kappa shape index (κ2) is 9.45. The van der Waals surface area contributed by atoms with Crippen molar-refractivity contribution in [2.24, 2.45) is 0 Å². The molecule has 0 aromatic heterocycles. The Labute approximate surface area is 162 Å². The first-order chi connectivity index (χ1) is 13.4. The van der Waals surface area contributed by atoms with Gasteiger partial charge in [0.1, 0.15) is 0 Å². The lowest BCUT2D eigenvalue weighted by molar-refractivity contribution is -0.385. The minimum atomic E-state index is -0.582. The Bertz CT molecular complexity index is 842. The molecule has 2 aromatic carbocycles. The lowest BCUT2D eigenvalue weighted by atomic mass is 10.1. The second-order valence-corrected chi connectivity index (χ2v) is 5.59.